The Balaban J connectivity index is 2.08. The van der Waals surface area contributed by atoms with E-state index >= 15 is 0 Å². The number of rotatable bonds is 6. The molecule has 1 aromatic heterocycles. The first kappa shape index (κ1) is 14.8. The van der Waals surface area contributed by atoms with Gasteiger partial charge in [0, 0.05) is 18.2 Å². The molecule has 19 heavy (non-hydrogen) atoms. The van der Waals surface area contributed by atoms with Crippen molar-refractivity contribution in [2.24, 2.45) is 0 Å². The Morgan fingerprint density at radius 1 is 1.47 bits per heavy atom. The van der Waals surface area contributed by atoms with Crippen LogP contribution < -0.4 is 10.0 Å². The molecule has 0 aromatic carbocycles. The molecule has 0 amide bonds. The van der Waals surface area contributed by atoms with Gasteiger partial charge in [-0.2, -0.15) is 16.9 Å². The average Bonchev–Trinajstić information content (AvgIpc) is 2.86. The van der Waals surface area contributed by atoms with E-state index in [9.17, 15) is 8.42 Å². The topological polar surface area (TPSA) is 86.9 Å². The summed E-state index contributed by atoms with van der Waals surface area (Å²) in [4.78, 5) is 0. The highest BCUT2D eigenvalue weighted by atomic mass is 32.2. The third-order valence-electron chi connectivity index (χ3n) is 3.06. The lowest BCUT2D eigenvalue weighted by Gasteiger charge is -2.22. The van der Waals surface area contributed by atoms with Crippen LogP contribution in [0, 0.1) is 0 Å². The van der Waals surface area contributed by atoms with Crippen LogP contribution in [0.3, 0.4) is 0 Å². The smallest absolute Gasteiger partial charge is 0.258 e. The van der Waals surface area contributed by atoms with Gasteiger partial charge in [0.05, 0.1) is 6.20 Å². The Morgan fingerprint density at radius 3 is 2.89 bits per heavy atom. The van der Waals surface area contributed by atoms with E-state index in [1.165, 1.54) is 0 Å². The standard InChI is InChI=1S/C11H20N4O2S2/c1-2-12-7-9-8-13-14-11(9)19(16,17)15-10-3-5-18-6-4-10/h8,10,12,15H,2-7H2,1H3,(H,13,14). The fraction of sp³-hybridized carbons (Fsp3) is 0.727. The highest BCUT2D eigenvalue weighted by molar-refractivity contribution is 7.99. The van der Waals surface area contributed by atoms with Crippen molar-refractivity contribution in [2.75, 3.05) is 18.1 Å². The summed E-state index contributed by atoms with van der Waals surface area (Å²) in [6.45, 7) is 3.27. The summed E-state index contributed by atoms with van der Waals surface area (Å²) in [5, 5.41) is 9.74. The zero-order valence-corrected chi connectivity index (χ0v) is 12.6. The molecule has 1 saturated heterocycles. The highest BCUT2D eigenvalue weighted by Crippen LogP contribution is 2.19. The van der Waals surface area contributed by atoms with E-state index < -0.39 is 10.0 Å². The quantitative estimate of drug-likeness (QED) is 0.720. The number of nitrogens with one attached hydrogen (secondary N) is 3. The molecule has 3 N–H and O–H groups in total. The zero-order chi connectivity index (χ0) is 13.7. The summed E-state index contributed by atoms with van der Waals surface area (Å²) in [7, 11) is -3.49. The molecule has 2 rings (SSSR count). The van der Waals surface area contributed by atoms with Crippen molar-refractivity contribution in [3.8, 4) is 0 Å². The Morgan fingerprint density at radius 2 is 2.21 bits per heavy atom. The molecule has 0 atom stereocenters. The van der Waals surface area contributed by atoms with Gasteiger partial charge < -0.3 is 5.32 Å². The maximum Gasteiger partial charge on any atom is 0.258 e. The van der Waals surface area contributed by atoms with E-state index in [0.717, 1.165) is 30.9 Å². The summed E-state index contributed by atoms with van der Waals surface area (Å²) < 4.78 is 27.4. The fourth-order valence-electron chi connectivity index (χ4n) is 2.01. The van der Waals surface area contributed by atoms with Crippen LogP contribution in [-0.2, 0) is 16.6 Å². The fourth-order valence-corrected chi connectivity index (χ4v) is 4.55. The second-order valence-electron chi connectivity index (χ2n) is 4.51. The van der Waals surface area contributed by atoms with Gasteiger partial charge in [0.15, 0.2) is 5.03 Å². The number of aromatic amines is 1. The minimum Gasteiger partial charge on any atom is -0.313 e. The molecule has 1 fully saturated rings. The van der Waals surface area contributed by atoms with E-state index in [0.29, 0.717) is 12.1 Å². The van der Waals surface area contributed by atoms with Crippen LogP contribution in [0.4, 0.5) is 0 Å². The first-order valence-electron chi connectivity index (χ1n) is 6.46. The Kier molecular flexibility index (Phi) is 5.26. The second-order valence-corrected chi connectivity index (χ2v) is 7.39. The molecule has 1 aliphatic rings. The molecular formula is C11H20N4O2S2. The number of thioether (sulfide) groups is 1. The maximum absolute atomic E-state index is 12.3. The highest BCUT2D eigenvalue weighted by Gasteiger charge is 2.25. The molecule has 6 nitrogen and oxygen atoms in total. The van der Waals surface area contributed by atoms with Crippen LogP contribution in [0.2, 0.25) is 0 Å². The van der Waals surface area contributed by atoms with E-state index in [2.05, 4.69) is 20.2 Å². The van der Waals surface area contributed by atoms with Gasteiger partial charge in [-0.1, -0.05) is 6.92 Å². The summed E-state index contributed by atoms with van der Waals surface area (Å²) in [5.41, 5.74) is 0.680. The lowest BCUT2D eigenvalue weighted by atomic mass is 10.2. The zero-order valence-electron chi connectivity index (χ0n) is 11.0. The van der Waals surface area contributed by atoms with Gasteiger partial charge in [0.1, 0.15) is 0 Å². The summed E-state index contributed by atoms with van der Waals surface area (Å²) in [6.07, 6.45) is 3.34. The maximum atomic E-state index is 12.3. The predicted octanol–water partition coefficient (Wildman–Crippen LogP) is 0.693. The van der Waals surface area contributed by atoms with Crippen LogP contribution in [0.25, 0.3) is 0 Å². The van der Waals surface area contributed by atoms with Gasteiger partial charge in [-0.05, 0) is 30.9 Å². The van der Waals surface area contributed by atoms with E-state index in [1.54, 1.807) is 6.20 Å². The van der Waals surface area contributed by atoms with E-state index in [4.69, 9.17) is 0 Å². The third-order valence-corrected chi connectivity index (χ3v) is 5.64. The number of hydrogen-bond acceptors (Lipinski definition) is 5. The second kappa shape index (κ2) is 6.74. The minimum absolute atomic E-state index is 0.0431. The van der Waals surface area contributed by atoms with Crippen LogP contribution in [0.5, 0.6) is 0 Å². The molecule has 2 heterocycles. The first-order valence-corrected chi connectivity index (χ1v) is 9.10. The van der Waals surface area contributed by atoms with Crippen molar-refractivity contribution >= 4 is 21.8 Å². The summed E-state index contributed by atoms with van der Waals surface area (Å²) >= 11 is 1.87. The minimum atomic E-state index is -3.49. The molecule has 0 aliphatic carbocycles. The van der Waals surface area contributed by atoms with Crippen molar-refractivity contribution in [2.45, 2.75) is 37.4 Å². The van der Waals surface area contributed by atoms with Crippen LogP contribution >= 0.6 is 11.8 Å². The lowest BCUT2D eigenvalue weighted by molar-refractivity contribution is 0.524. The third kappa shape index (κ3) is 3.95. The Labute approximate surface area is 118 Å². The molecule has 0 unspecified atom stereocenters. The van der Waals surface area contributed by atoms with Gasteiger partial charge in [-0.15, -0.1) is 0 Å². The first-order chi connectivity index (χ1) is 9.13. The largest absolute Gasteiger partial charge is 0.313 e. The Bertz CT molecular complexity index is 495. The number of aromatic nitrogens is 2. The molecule has 0 spiro atoms. The predicted molar refractivity (Wildman–Crippen MR) is 76.6 cm³/mol. The van der Waals surface area contributed by atoms with Crippen molar-refractivity contribution < 1.29 is 8.42 Å². The number of H-pyrrole nitrogens is 1. The van der Waals surface area contributed by atoms with Crippen molar-refractivity contribution in [3.05, 3.63) is 11.8 Å². The van der Waals surface area contributed by atoms with Crippen molar-refractivity contribution in [1.29, 1.82) is 0 Å². The lowest BCUT2D eigenvalue weighted by Crippen LogP contribution is -2.38. The van der Waals surface area contributed by atoms with Crippen LogP contribution in [0.15, 0.2) is 11.2 Å². The van der Waals surface area contributed by atoms with Gasteiger partial charge >= 0.3 is 0 Å². The van der Waals surface area contributed by atoms with E-state index in [1.807, 2.05) is 18.7 Å². The number of nitrogens with zero attached hydrogens (tertiary/aromatic N) is 1. The molecule has 0 radical (unpaired) electrons. The number of sulfonamides is 1. The summed E-state index contributed by atoms with van der Waals surface area (Å²) in [6, 6.07) is 0.0431. The molecule has 0 saturated carbocycles. The van der Waals surface area contributed by atoms with Gasteiger partial charge in [0.25, 0.3) is 10.0 Å². The van der Waals surface area contributed by atoms with Crippen molar-refractivity contribution in [1.82, 2.24) is 20.2 Å². The molecule has 108 valence electrons. The molecular weight excluding hydrogens is 284 g/mol. The Hall–Kier alpha value is -0.570. The molecule has 0 bridgehead atoms. The normalized spacial score (nSPS) is 17.7. The monoisotopic (exact) mass is 304 g/mol. The SMILES string of the molecule is CCNCc1cn[nH]c1S(=O)(=O)NC1CCSCC1. The van der Waals surface area contributed by atoms with E-state index in [-0.39, 0.29) is 11.1 Å². The molecule has 1 aliphatic heterocycles. The van der Waals surface area contributed by atoms with Gasteiger partial charge in [0.2, 0.25) is 0 Å². The summed E-state index contributed by atoms with van der Waals surface area (Å²) in [5.74, 6) is 2.03. The number of hydrogen-bond donors (Lipinski definition) is 3. The average molecular weight is 304 g/mol. The van der Waals surface area contributed by atoms with Crippen LogP contribution in [0.1, 0.15) is 25.3 Å². The molecule has 1 aromatic rings. The van der Waals surface area contributed by atoms with Crippen LogP contribution in [-0.4, -0.2) is 42.7 Å². The van der Waals surface area contributed by atoms with Gasteiger partial charge in [-0.3, -0.25) is 5.10 Å². The van der Waals surface area contributed by atoms with Crippen molar-refractivity contribution in [3.63, 3.8) is 0 Å². The molecule has 8 heteroatoms. The van der Waals surface area contributed by atoms with Gasteiger partial charge in [-0.25, -0.2) is 13.1 Å².